The number of hydrogen-bond acceptors (Lipinski definition) is 4. The molecule has 0 heterocycles. The minimum Gasteiger partial charge on any atom is -0.508 e. The summed E-state index contributed by atoms with van der Waals surface area (Å²) < 4.78 is 4.54. The average Bonchev–Trinajstić information content (AvgIpc) is 2.35. The van der Waals surface area contributed by atoms with Crippen molar-refractivity contribution in [2.45, 2.75) is 19.4 Å². The van der Waals surface area contributed by atoms with Crippen LogP contribution in [-0.4, -0.2) is 24.2 Å². The number of methoxy groups -OCH3 is 1. The molecule has 0 fully saturated rings. The molecule has 90 valence electrons. The van der Waals surface area contributed by atoms with Crippen LogP contribution >= 0.6 is 0 Å². The van der Waals surface area contributed by atoms with Crippen molar-refractivity contribution in [1.29, 1.82) is 0 Å². The normalized spacial score (nSPS) is 10.9. The lowest BCUT2D eigenvalue weighted by molar-refractivity contribution is -0.142. The zero-order valence-corrected chi connectivity index (χ0v) is 9.86. The first-order chi connectivity index (χ1) is 8.13. The molecular weight excluding hydrogens is 218 g/mol. The van der Waals surface area contributed by atoms with Gasteiger partial charge in [0.25, 0.3) is 0 Å². The van der Waals surface area contributed by atoms with Gasteiger partial charge in [-0.25, -0.2) is 4.79 Å². The fourth-order valence-corrected chi connectivity index (χ4v) is 1.16. The second-order valence-electron chi connectivity index (χ2n) is 3.53. The van der Waals surface area contributed by atoms with Crippen molar-refractivity contribution >= 4 is 5.97 Å². The number of rotatable bonds is 3. The Morgan fingerprint density at radius 3 is 2.71 bits per heavy atom. The molecule has 0 aliphatic heterocycles. The maximum absolute atomic E-state index is 11.0. The van der Waals surface area contributed by atoms with Crippen LogP contribution in [0.5, 0.6) is 5.75 Å². The Morgan fingerprint density at radius 2 is 2.12 bits per heavy atom. The molecule has 4 nitrogen and oxygen atoms in total. The highest BCUT2D eigenvalue weighted by atomic mass is 16.5. The standard InChI is InChI=1S/C13H15NO3/c1-10(13(16)17-2)14-9-3-4-11-5-7-12(15)8-6-11/h5-8,10,14-15H,4H2,1-2H3. The molecule has 0 radical (unpaired) electrons. The first-order valence-electron chi connectivity index (χ1n) is 5.22. The fourth-order valence-electron chi connectivity index (χ4n) is 1.16. The Morgan fingerprint density at radius 1 is 1.47 bits per heavy atom. The highest BCUT2D eigenvalue weighted by Gasteiger charge is 2.09. The number of hydrogen-bond donors (Lipinski definition) is 2. The lowest BCUT2D eigenvalue weighted by atomic mass is 10.1. The molecule has 4 heteroatoms. The minimum atomic E-state index is -0.438. The number of phenols is 1. The lowest BCUT2D eigenvalue weighted by Gasteiger charge is -2.05. The predicted molar refractivity (Wildman–Crippen MR) is 64.2 cm³/mol. The quantitative estimate of drug-likeness (QED) is 0.465. The van der Waals surface area contributed by atoms with Crippen molar-refractivity contribution in [3.05, 3.63) is 29.8 Å². The van der Waals surface area contributed by atoms with E-state index in [2.05, 4.69) is 22.0 Å². The maximum atomic E-state index is 11.0. The molecule has 0 bridgehead atoms. The number of carbonyl (C=O) groups excluding carboxylic acids is 1. The van der Waals surface area contributed by atoms with E-state index in [9.17, 15) is 4.79 Å². The van der Waals surface area contributed by atoms with Crippen LogP contribution < -0.4 is 5.32 Å². The average molecular weight is 233 g/mol. The lowest BCUT2D eigenvalue weighted by Crippen LogP contribution is -2.31. The second-order valence-corrected chi connectivity index (χ2v) is 3.53. The van der Waals surface area contributed by atoms with Crippen molar-refractivity contribution < 1.29 is 14.6 Å². The number of carbonyl (C=O) groups is 1. The van der Waals surface area contributed by atoms with Gasteiger partial charge in [-0.15, -0.1) is 0 Å². The molecular formula is C13H15NO3. The van der Waals surface area contributed by atoms with Crippen LogP contribution in [0.15, 0.2) is 24.3 Å². The molecule has 0 spiro atoms. The van der Waals surface area contributed by atoms with Crippen LogP contribution in [0.2, 0.25) is 0 Å². The smallest absolute Gasteiger partial charge is 0.328 e. The molecule has 1 rings (SSSR count). The summed E-state index contributed by atoms with van der Waals surface area (Å²) in [4.78, 5) is 11.0. The number of ether oxygens (including phenoxy) is 1. The summed E-state index contributed by atoms with van der Waals surface area (Å²) in [5, 5.41) is 11.8. The van der Waals surface area contributed by atoms with E-state index in [0.29, 0.717) is 6.42 Å². The minimum absolute atomic E-state index is 0.235. The van der Waals surface area contributed by atoms with E-state index in [1.165, 1.54) is 7.11 Å². The molecule has 17 heavy (non-hydrogen) atoms. The van der Waals surface area contributed by atoms with Gasteiger partial charge in [-0.3, -0.25) is 0 Å². The Balaban J connectivity index is 2.41. The maximum Gasteiger partial charge on any atom is 0.328 e. The number of aromatic hydroxyl groups is 1. The molecule has 2 N–H and O–H groups in total. The van der Waals surface area contributed by atoms with Gasteiger partial charge in [0.1, 0.15) is 11.8 Å². The van der Waals surface area contributed by atoms with Gasteiger partial charge in [-0.05, 0) is 24.6 Å². The predicted octanol–water partition coefficient (Wildman–Crippen LogP) is 1.05. The largest absolute Gasteiger partial charge is 0.508 e. The van der Waals surface area contributed by atoms with Crippen LogP contribution in [-0.2, 0) is 16.0 Å². The van der Waals surface area contributed by atoms with Crippen molar-refractivity contribution in [2.75, 3.05) is 7.11 Å². The van der Waals surface area contributed by atoms with E-state index < -0.39 is 6.04 Å². The molecule has 1 aromatic rings. The Bertz CT molecular complexity index is 428. The van der Waals surface area contributed by atoms with Crippen molar-refractivity contribution in [2.24, 2.45) is 0 Å². The highest BCUT2D eigenvalue weighted by molar-refractivity contribution is 5.75. The van der Waals surface area contributed by atoms with Crippen LogP contribution in [0, 0.1) is 12.0 Å². The fraction of sp³-hybridized carbons (Fsp3) is 0.308. The summed E-state index contributed by atoms with van der Waals surface area (Å²) in [5.74, 6) is 2.77. The Hall–Kier alpha value is -2.15. The van der Waals surface area contributed by atoms with Gasteiger partial charge < -0.3 is 15.2 Å². The van der Waals surface area contributed by atoms with Crippen molar-refractivity contribution in [1.82, 2.24) is 5.32 Å². The van der Waals surface area contributed by atoms with Gasteiger partial charge in [0.05, 0.1) is 7.11 Å². The molecule has 0 amide bonds. The van der Waals surface area contributed by atoms with Crippen molar-refractivity contribution in [3.63, 3.8) is 0 Å². The van der Waals surface area contributed by atoms with E-state index >= 15 is 0 Å². The third-order valence-corrected chi connectivity index (χ3v) is 2.16. The SMILES string of the molecule is COC(=O)C(C)NC#CCc1ccc(O)cc1. The number of esters is 1. The third-order valence-electron chi connectivity index (χ3n) is 2.16. The molecule has 0 aromatic heterocycles. The van der Waals surface area contributed by atoms with Gasteiger partial charge in [-0.2, -0.15) is 0 Å². The Kier molecular flexibility index (Phi) is 4.89. The summed E-state index contributed by atoms with van der Waals surface area (Å²) >= 11 is 0. The van der Waals surface area contributed by atoms with E-state index in [1.807, 2.05) is 0 Å². The van der Waals surface area contributed by atoms with Gasteiger partial charge >= 0.3 is 5.97 Å². The van der Waals surface area contributed by atoms with E-state index in [-0.39, 0.29) is 11.7 Å². The molecule has 0 aliphatic rings. The molecule has 0 saturated carbocycles. The number of nitrogens with one attached hydrogen (secondary N) is 1. The van der Waals surface area contributed by atoms with E-state index in [1.54, 1.807) is 31.2 Å². The van der Waals surface area contributed by atoms with Crippen LogP contribution in [0.3, 0.4) is 0 Å². The van der Waals surface area contributed by atoms with Crippen LogP contribution in [0.25, 0.3) is 0 Å². The van der Waals surface area contributed by atoms with Crippen LogP contribution in [0.1, 0.15) is 12.5 Å². The van der Waals surface area contributed by atoms with Gasteiger partial charge in [-0.1, -0.05) is 18.1 Å². The van der Waals surface area contributed by atoms with Gasteiger partial charge in [0.2, 0.25) is 0 Å². The summed E-state index contributed by atoms with van der Waals surface area (Å²) in [6.45, 7) is 1.68. The number of benzene rings is 1. The van der Waals surface area contributed by atoms with Gasteiger partial charge in [0, 0.05) is 12.5 Å². The molecule has 1 unspecified atom stereocenters. The summed E-state index contributed by atoms with van der Waals surface area (Å²) in [6, 6.07) is 9.09. The molecule has 0 aliphatic carbocycles. The zero-order chi connectivity index (χ0) is 12.7. The molecule has 1 atom stereocenters. The van der Waals surface area contributed by atoms with E-state index in [4.69, 9.17) is 5.11 Å². The van der Waals surface area contributed by atoms with Crippen molar-refractivity contribution in [3.8, 4) is 17.7 Å². The second kappa shape index (κ2) is 6.44. The van der Waals surface area contributed by atoms with Crippen LogP contribution in [0.4, 0.5) is 0 Å². The number of phenolic OH excluding ortho intramolecular Hbond substituents is 1. The first-order valence-corrected chi connectivity index (χ1v) is 5.22. The molecule has 0 saturated heterocycles. The summed E-state index contributed by atoms with van der Waals surface area (Å²) in [5.41, 5.74) is 1.00. The Labute approximate surface area is 101 Å². The highest BCUT2D eigenvalue weighted by Crippen LogP contribution is 2.09. The topological polar surface area (TPSA) is 58.6 Å². The van der Waals surface area contributed by atoms with E-state index in [0.717, 1.165) is 5.56 Å². The third kappa shape index (κ3) is 4.47. The monoisotopic (exact) mass is 233 g/mol. The first kappa shape index (κ1) is 12.9. The van der Waals surface area contributed by atoms with Gasteiger partial charge in [0.15, 0.2) is 0 Å². The summed E-state index contributed by atoms with van der Waals surface area (Å²) in [7, 11) is 1.34. The summed E-state index contributed by atoms with van der Waals surface area (Å²) in [6.07, 6.45) is 0.557. The molecule has 1 aromatic carbocycles. The zero-order valence-electron chi connectivity index (χ0n) is 9.86.